The van der Waals surface area contributed by atoms with Crippen LogP contribution in [0.1, 0.15) is 18.1 Å². The van der Waals surface area contributed by atoms with Gasteiger partial charge >= 0.3 is 6.09 Å². The van der Waals surface area contributed by atoms with E-state index in [-0.39, 0.29) is 18.6 Å². The van der Waals surface area contributed by atoms with Crippen LogP contribution in [-0.4, -0.2) is 61.2 Å². The third kappa shape index (κ3) is 4.37. The lowest BCUT2D eigenvalue weighted by Gasteiger charge is -2.34. The number of para-hydroxylation sites is 1. The third-order valence-corrected chi connectivity index (χ3v) is 3.91. The zero-order valence-corrected chi connectivity index (χ0v) is 14.0. The normalized spacial score (nSPS) is 14.6. The maximum Gasteiger partial charge on any atom is 0.409 e. The number of benzene rings is 1. The fourth-order valence-electron chi connectivity index (χ4n) is 2.61. The van der Waals surface area contributed by atoms with Gasteiger partial charge in [0.25, 0.3) is 5.91 Å². The van der Waals surface area contributed by atoms with Crippen LogP contribution >= 0.6 is 0 Å². The van der Waals surface area contributed by atoms with Gasteiger partial charge in [0.15, 0.2) is 6.61 Å². The molecule has 0 N–H and O–H groups in total. The summed E-state index contributed by atoms with van der Waals surface area (Å²) in [5.74, 6) is 0.710. The Bertz CT molecular complexity index is 545. The molecule has 0 radical (unpaired) electrons. The van der Waals surface area contributed by atoms with Crippen molar-refractivity contribution in [1.29, 1.82) is 0 Å². The van der Waals surface area contributed by atoms with Crippen molar-refractivity contribution in [2.24, 2.45) is 0 Å². The molecule has 2 rings (SSSR count). The Morgan fingerprint density at radius 3 is 2.17 bits per heavy atom. The monoisotopic (exact) mass is 320 g/mol. The number of carbonyl (C=O) groups is 2. The SMILES string of the molecule is CCOC(=O)N1CCN(C(=O)COc2c(C)cccc2C)CC1. The van der Waals surface area contributed by atoms with Gasteiger partial charge in [-0.25, -0.2) is 4.79 Å². The first kappa shape index (κ1) is 17.1. The van der Waals surface area contributed by atoms with Gasteiger partial charge in [-0.3, -0.25) is 4.79 Å². The molecule has 0 aromatic heterocycles. The Kier molecular flexibility index (Phi) is 5.84. The molecule has 1 aliphatic heterocycles. The van der Waals surface area contributed by atoms with Gasteiger partial charge in [0.05, 0.1) is 6.61 Å². The zero-order valence-electron chi connectivity index (χ0n) is 14.0. The van der Waals surface area contributed by atoms with Crippen LogP contribution in [-0.2, 0) is 9.53 Å². The number of hydrogen-bond acceptors (Lipinski definition) is 4. The van der Waals surface area contributed by atoms with Crippen LogP contribution in [0, 0.1) is 13.8 Å². The highest BCUT2D eigenvalue weighted by Crippen LogP contribution is 2.22. The molecule has 0 saturated carbocycles. The molecule has 6 nitrogen and oxygen atoms in total. The topological polar surface area (TPSA) is 59.1 Å². The number of hydrogen-bond donors (Lipinski definition) is 0. The average Bonchev–Trinajstić information content (AvgIpc) is 2.54. The predicted molar refractivity (Wildman–Crippen MR) is 86.6 cm³/mol. The summed E-state index contributed by atoms with van der Waals surface area (Å²) in [6.07, 6.45) is -0.314. The van der Waals surface area contributed by atoms with Crippen LogP contribution in [0.5, 0.6) is 5.75 Å². The van der Waals surface area contributed by atoms with E-state index in [4.69, 9.17) is 9.47 Å². The van der Waals surface area contributed by atoms with Crippen LogP contribution in [0.4, 0.5) is 4.79 Å². The molecule has 1 aliphatic rings. The second-order valence-corrected chi connectivity index (χ2v) is 5.58. The summed E-state index contributed by atoms with van der Waals surface area (Å²) in [5.41, 5.74) is 2.04. The number of rotatable bonds is 4. The molecule has 0 atom stereocenters. The first-order chi connectivity index (χ1) is 11.0. The molecule has 1 heterocycles. The number of ether oxygens (including phenoxy) is 2. The van der Waals surface area contributed by atoms with Crippen molar-refractivity contribution in [3.63, 3.8) is 0 Å². The van der Waals surface area contributed by atoms with E-state index >= 15 is 0 Å². The first-order valence-electron chi connectivity index (χ1n) is 7.91. The van der Waals surface area contributed by atoms with Crippen LogP contribution in [0.3, 0.4) is 0 Å². The molecule has 2 amide bonds. The molecule has 6 heteroatoms. The molecule has 1 saturated heterocycles. The van der Waals surface area contributed by atoms with Gasteiger partial charge < -0.3 is 19.3 Å². The van der Waals surface area contributed by atoms with Crippen LogP contribution in [0.15, 0.2) is 18.2 Å². The second-order valence-electron chi connectivity index (χ2n) is 5.58. The molecule has 126 valence electrons. The first-order valence-corrected chi connectivity index (χ1v) is 7.91. The minimum absolute atomic E-state index is 0.0189. The number of nitrogens with zero attached hydrogens (tertiary/aromatic N) is 2. The van der Waals surface area contributed by atoms with E-state index in [0.29, 0.717) is 32.8 Å². The van der Waals surface area contributed by atoms with E-state index < -0.39 is 0 Å². The van der Waals surface area contributed by atoms with Gasteiger partial charge in [0, 0.05) is 26.2 Å². The summed E-state index contributed by atoms with van der Waals surface area (Å²) in [4.78, 5) is 27.2. The molecule has 0 unspecified atom stereocenters. The van der Waals surface area contributed by atoms with Crippen molar-refractivity contribution in [3.05, 3.63) is 29.3 Å². The largest absolute Gasteiger partial charge is 0.483 e. The summed E-state index contributed by atoms with van der Waals surface area (Å²) < 4.78 is 10.7. The smallest absolute Gasteiger partial charge is 0.409 e. The van der Waals surface area contributed by atoms with Gasteiger partial charge in [-0.15, -0.1) is 0 Å². The number of amides is 2. The van der Waals surface area contributed by atoms with Gasteiger partial charge in [-0.05, 0) is 31.9 Å². The molecular weight excluding hydrogens is 296 g/mol. The summed E-state index contributed by atoms with van der Waals surface area (Å²) in [5, 5.41) is 0. The molecule has 1 fully saturated rings. The molecule has 23 heavy (non-hydrogen) atoms. The fourth-order valence-corrected chi connectivity index (χ4v) is 2.61. The summed E-state index contributed by atoms with van der Waals surface area (Å²) in [6.45, 7) is 8.09. The second kappa shape index (κ2) is 7.85. The van der Waals surface area contributed by atoms with Crippen LogP contribution < -0.4 is 4.74 Å². The molecule has 0 aliphatic carbocycles. The number of carbonyl (C=O) groups excluding carboxylic acids is 2. The van der Waals surface area contributed by atoms with Crippen molar-refractivity contribution in [2.75, 3.05) is 39.4 Å². The van der Waals surface area contributed by atoms with E-state index in [9.17, 15) is 9.59 Å². The minimum Gasteiger partial charge on any atom is -0.483 e. The van der Waals surface area contributed by atoms with E-state index in [1.165, 1.54) is 0 Å². The molecule has 0 spiro atoms. The maximum atomic E-state index is 12.3. The van der Waals surface area contributed by atoms with E-state index in [0.717, 1.165) is 16.9 Å². The fraction of sp³-hybridized carbons (Fsp3) is 0.529. The van der Waals surface area contributed by atoms with Crippen LogP contribution in [0.2, 0.25) is 0 Å². The van der Waals surface area contributed by atoms with Gasteiger partial charge in [-0.2, -0.15) is 0 Å². The van der Waals surface area contributed by atoms with Crippen molar-refractivity contribution in [3.8, 4) is 5.75 Å². The Balaban J connectivity index is 1.83. The van der Waals surface area contributed by atoms with Crippen molar-refractivity contribution >= 4 is 12.0 Å². The lowest BCUT2D eigenvalue weighted by Crippen LogP contribution is -2.51. The quantitative estimate of drug-likeness (QED) is 0.851. The standard InChI is InChI=1S/C17H24N2O4/c1-4-22-17(21)19-10-8-18(9-11-19)15(20)12-23-16-13(2)6-5-7-14(16)3/h5-7H,4,8-12H2,1-3H3. The van der Waals surface area contributed by atoms with Gasteiger partial charge in [-0.1, -0.05) is 18.2 Å². The number of aryl methyl sites for hydroxylation is 2. The van der Waals surface area contributed by atoms with Gasteiger partial charge in [0.2, 0.25) is 0 Å². The third-order valence-electron chi connectivity index (χ3n) is 3.91. The lowest BCUT2D eigenvalue weighted by atomic mass is 10.1. The van der Waals surface area contributed by atoms with E-state index in [1.54, 1.807) is 16.7 Å². The highest BCUT2D eigenvalue weighted by atomic mass is 16.6. The number of piperazine rings is 1. The van der Waals surface area contributed by atoms with Crippen molar-refractivity contribution < 1.29 is 19.1 Å². The summed E-state index contributed by atoms with van der Waals surface area (Å²) in [7, 11) is 0. The highest BCUT2D eigenvalue weighted by molar-refractivity contribution is 5.78. The van der Waals surface area contributed by atoms with Gasteiger partial charge in [0.1, 0.15) is 5.75 Å². The molecular formula is C17H24N2O4. The Morgan fingerprint density at radius 2 is 1.61 bits per heavy atom. The lowest BCUT2D eigenvalue weighted by molar-refractivity contribution is -0.135. The van der Waals surface area contributed by atoms with E-state index in [2.05, 4.69) is 0 Å². The summed E-state index contributed by atoms with van der Waals surface area (Å²) >= 11 is 0. The summed E-state index contributed by atoms with van der Waals surface area (Å²) in [6, 6.07) is 5.89. The Labute approximate surface area is 137 Å². The highest BCUT2D eigenvalue weighted by Gasteiger charge is 2.25. The predicted octanol–water partition coefficient (Wildman–Crippen LogP) is 1.98. The Hall–Kier alpha value is -2.24. The minimum atomic E-state index is -0.314. The van der Waals surface area contributed by atoms with Crippen molar-refractivity contribution in [2.45, 2.75) is 20.8 Å². The van der Waals surface area contributed by atoms with Crippen molar-refractivity contribution in [1.82, 2.24) is 9.80 Å². The molecule has 1 aromatic carbocycles. The van der Waals surface area contributed by atoms with E-state index in [1.807, 2.05) is 32.0 Å². The maximum absolute atomic E-state index is 12.3. The zero-order chi connectivity index (χ0) is 16.8. The Morgan fingerprint density at radius 1 is 1.04 bits per heavy atom. The molecule has 1 aromatic rings. The average molecular weight is 320 g/mol. The van der Waals surface area contributed by atoms with Crippen LogP contribution in [0.25, 0.3) is 0 Å². The molecule has 0 bridgehead atoms.